The molecule has 1 aliphatic rings. The number of morpholine rings is 1. The second kappa shape index (κ2) is 6.16. The Bertz CT molecular complexity index is 429. The Morgan fingerprint density at radius 1 is 1.37 bits per heavy atom. The van der Waals surface area contributed by atoms with Crippen LogP contribution in [0.4, 0.5) is 11.8 Å². The molecule has 6 heteroatoms. The van der Waals surface area contributed by atoms with Crippen molar-refractivity contribution in [3.05, 3.63) is 11.3 Å². The molecule has 0 aliphatic carbocycles. The van der Waals surface area contributed by atoms with E-state index in [2.05, 4.69) is 20.6 Å². The molecule has 0 aromatic carbocycles. The van der Waals surface area contributed by atoms with Crippen LogP contribution in [0.1, 0.15) is 11.3 Å². The fraction of sp³-hybridized carbons (Fsp3) is 0.692. The molecular weight excluding hydrogens is 242 g/mol. The Kier molecular flexibility index (Phi) is 4.55. The van der Waals surface area contributed by atoms with Gasteiger partial charge >= 0.3 is 0 Å². The monoisotopic (exact) mass is 265 g/mol. The lowest BCUT2D eigenvalue weighted by Gasteiger charge is -2.24. The Morgan fingerprint density at radius 3 is 2.79 bits per heavy atom. The molecule has 1 atom stereocenters. The normalized spacial score (nSPS) is 19.3. The van der Waals surface area contributed by atoms with Crippen molar-refractivity contribution in [2.24, 2.45) is 0 Å². The van der Waals surface area contributed by atoms with Gasteiger partial charge in [-0.3, -0.25) is 0 Å². The van der Waals surface area contributed by atoms with Crippen LogP contribution in [-0.2, 0) is 4.74 Å². The van der Waals surface area contributed by atoms with Crippen molar-refractivity contribution >= 4 is 11.8 Å². The summed E-state index contributed by atoms with van der Waals surface area (Å²) in [5.74, 6) is 1.62. The van der Waals surface area contributed by atoms with E-state index in [1.54, 1.807) is 0 Å². The first-order valence-corrected chi connectivity index (χ1v) is 6.66. The second-order valence-electron chi connectivity index (χ2n) is 5.05. The number of nitrogens with one attached hydrogen (secondary N) is 2. The molecule has 19 heavy (non-hydrogen) atoms. The minimum Gasteiger partial charge on any atom is -0.374 e. The topological polar surface area (TPSA) is 62.3 Å². The van der Waals surface area contributed by atoms with Crippen molar-refractivity contribution < 1.29 is 4.74 Å². The lowest BCUT2D eigenvalue weighted by Crippen LogP contribution is -2.42. The van der Waals surface area contributed by atoms with Crippen LogP contribution < -0.4 is 15.5 Å². The third-order valence-corrected chi connectivity index (χ3v) is 3.28. The van der Waals surface area contributed by atoms with Crippen LogP contribution in [-0.4, -0.2) is 56.4 Å². The van der Waals surface area contributed by atoms with E-state index in [0.29, 0.717) is 0 Å². The minimum atomic E-state index is 0.200. The highest BCUT2D eigenvalue weighted by atomic mass is 16.5. The zero-order valence-corrected chi connectivity index (χ0v) is 12.2. The van der Waals surface area contributed by atoms with Crippen LogP contribution in [0.25, 0.3) is 0 Å². The maximum Gasteiger partial charge on any atom is 0.227 e. The first-order chi connectivity index (χ1) is 9.08. The predicted molar refractivity (Wildman–Crippen MR) is 76.9 cm³/mol. The number of hydrogen-bond donors (Lipinski definition) is 2. The molecule has 0 amide bonds. The molecule has 0 unspecified atom stereocenters. The van der Waals surface area contributed by atoms with Gasteiger partial charge in [-0.05, 0) is 13.8 Å². The molecule has 106 valence electrons. The van der Waals surface area contributed by atoms with E-state index in [1.165, 1.54) is 0 Å². The van der Waals surface area contributed by atoms with E-state index in [9.17, 15) is 0 Å². The highest BCUT2D eigenvalue weighted by molar-refractivity contribution is 5.50. The average molecular weight is 265 g/mol. The lowest BCUT2D eigenvalue weighted by molar-refractivity contribution is 0.0372. The van der Waals surface area contributed by atoms with Gasteiger partial charge in [-0.25, -0.2) is 4.98 Å². The van der Waals surface area contributed by atoms with Crippen molar-refractivity contribution in [1.29, 1.82) is 0 Å². The number of nitrogens with zero attached hydrogens (tertiary/aromatic N) is 3. The maximum atomic E-state index is 5.67. The van der Waals surface area contributed by atoms with E-state index in [1.807, 2.05) is 32.8 Å². The van der Waals surface area contributed by atoms with Gasteiger partial charge in [0.2, 0.25) is 5.95 Å². The number of aryl methyl sites for hydroxylation is 1. The van der Waals surface area contributed by atoms with Crippen molar-refractivity contribution in [2.75, 3.05) is 50.6 Å². The summed E-state index contributed by atoms with van der Waals surface area (Å²) >= 11 is 0. The Morgan fingerprint density at radius 2 is 2.16 bits per heavy atom. The second-order valence-corrected chi connectivity index (χ2v) is 5.05. The molecule has 0 radical (unpaired) electrons. The zero-order chi connectivity index (χ0) is 13.8. The summed E-state index contributed by atoms with van der Waals surface area (Å²) < 4.78 is 5.67. The summed E-state index contributed by atoms with van der Waals surface area (Å²) in [6.45, 7) is 7.41. The summed E-state index contributed by atoms with van der Waals surface area (Å²) in [7, 11) is 3.89. The molecule has 0 spiro atoms. The van der Waals surface area contributed by atoms with Crippen LogP contribution in [0.2, 0.25) is 0 Å². The van der Waals surface area contributed by atoms with Crippen molar-refractivity contribution in [2.45, 2.75) is 20.0 Å². The molecule has 2 rings (SSSR count). The van der Waals surface area contributed by atoms with Gasteiger partial charge in [0, 0.05) is 45.0 Å². The maximum absolute atomic E-state index is 5.67. The van der Waals surface area contributed by atoms with Gasteiger partial charge in [-0.15, -0.1) is 0 Å². The summed E-state index contributed by atoms with van der Waals surface area (Å²) in [4.78, 5) is 10.9. The molecule has 0 bridgehead atoms. The van der Waals surface area contributed by atoms with Crippen LogP contribution in [0.3, 0.4) is 0 Å². The van der Waals surface area contributed by atoms with Crippen LogP contribution >= 0.6 is 0 Å². The van der Waals surface area contributed by atoms with Gasteiger partial charge in [0.15, 0.2) is 0 Å². The Balaban J connectivity index is 2.05. The van der Waals surface area contributed by atoms with Gasteiger partial charge in [-0.1, -0.05) is 0 Å². The smallest absolute Gasteiger partial charge is 0.227 e. The van der Waals surface area contributed by atoms with Crippen LogP contribution in [0, 0.1) is 13.8 Å². The number of rotatable bonds is 4. The molecule has 1 aromatic rings. The van der Waals surface area contributed by atoms with Crippen molar-refractivity contribution in [3.8, 4) is 0 Å². The Labute approximate surface area is 114 Å². The van der Waals surface area contributed by atoms with Gasteiger partial charge < -0.3 is 20.3 Å². The van der Waals surface area contributed by atoms with E-state index in [4.69, 9.17) is 4.74 Å². The summed E-state index contributed by atoms with van der Waals surface area (Å²) in [6.07, 6.45) is 0.200. The quantitative estimate of drug-likeness (QED) is 0.829. The molecule has 1 saturated heterocycles. The van der Waals surface area contributed by atoms with Crippen LogP contribution in [0.5, 0.6) is 0 Å². The summed E-state index contributed by atoms with van der Waals surface area (Å²) in [5.41, 5.74) is 2.10. The van der Waals surface area contributed by atoms with E-state index >= 15 is 0 Å². The fourth-order valence-electron chi connectivity index (χ4n) is 1.95. The predicted octanol–water partition coefficient (Wildman–Crippen LogP) is 0.560. The molecule has 2 heterocycles. The number of anilines is 2. The lowest BCUT2D eigenvalue weighted by atomic mass is 10.2. The molecule has 1 aromatic heterocycles. The van der Waals surface area contributed by atoms with Gasteiger partial charge in [0.1, 0.15) is 5.82 Å². The number of aromatic nitrogens is 2. The largest absolute Gasteiger partial charge is 0.374 e. The minimum absolute atomic E-state index is 0.200. The molecule has 0 saturated carbocycles. The molecular formula is C13H23N5O. The van der Waals surface area contributed by atoms with Gasteiger partial charge in [0.05, 0.1) is 12.7 Å². The highest BCUT2D eigenvalue weighted by Crippen LogP contribution is 2.18. The van der Waals surface area contributed by atoms with E-state index < -0.39 is 0 Å². The average Bonchev–Trinajstić information content (AvgIpc) is 2.41. The third kappa shape index (κ3) is 3.54. The molecule has 6 nitrogen and oxygen atoms in total. The van der Waals surface area contributed by atoms with E-state index in [-0.39, 0.29) is 6.10 Å². The van der Waals surface area contributed by atoms with Crippen molar-refractivity contribution in [1.82, 2.24) is 15.3 Å². The van der Waals surface area contributed by atoms with Gasteiger partial charge in [-0.2, -0.15) is 4.98 Å². The van der Waals surface area contributed by atoms with Crippen molar-refractivity contribution in [3.63, 3.8) is 0 Å². The molecule has 2 N–H and O–H groups in total. The SMILES string of the molecule is Cc1nc(N(C)C)nc(NC[C@@H]2CNCCO2)c1C. The summed E-state index contributed by atoms with van der Waals surface area (Å²) in [6, 6.07) is 0. The fourth-order valence-corrected chi connectivity index (χ4v) is 1.95. The number of ether oxygens (including phenoxy) is 1. The standard InChI is InChI=1S/C13H23N5O/c1-9-10(2)16-13(18(3)4)17-12(9)15-8-11-7-14-5-6-19-11/h11,14H,5-8H2,1-4H3,(H,15,16,17)/t11-/m0/s1. The van der Waals surface area contributed by atoms with Crippen LogP contribution in [0.15, 0.2) is 0 Å². The third-order valence-electron chi connectivity index (χ3n) is 3.28. The first kappa shape index (κ1) is 14.0. The first-order valence-electron chi connectivity index (χ1n) is 6.66. The summed E-state index contributed by atoms with van der Waals surface area (Å²) in [5, 5.41) is 6.70. The zero-order valence-electron chi connectivity index (χ0n) is 12.2. The highest BCUT2D eigenvalue weighted by Gasteiger charge is 2.15. The number of hydrogen-bond acceptors (Lipinski definition) is 6. The molecule has 1 aliphatic heterocycles. The van der Waals surface area contributed by atoms with E-state index in [0.717, 1.165) is 49.3 Å². The van der Waals surface area contributed by atoms with Gasteiger partial charge in [0.25, 0.3) is 0 Å². The Hall–Kier alpha value is -1.40. The molecule has 1 fully saturated rings.